The summed E-state index contributed by atoms with van der Waals surface area (Å²) < 4.78 is 27.9. The van der Waals surface area contributed by atoms with Gasteiger partial charge in [-0.25, -0.2) is 0 Å². The van der Waals surface area contributed by atoms with Crippen LogP contribution in [0, 0.1) is 6.92 Å². The Morgan fingerprint density at radius 3 is 2.61 bits per heavy atom. The highest BCUT2D eigenvalue weighted by atomic mass is 32.2. The van der Waals surface area contributed by atoms with Crippen molar-refractivity contribution in [2.75, 3.05) is 6.26 Å². The Morgan fingerprint density at radius 2 is 1.94 bits per heavy atom. The minimum atomic E-state index is -3.37. The van der Waals surface area contributed by atoms with E-state index in [0.29, 0.717) is 0 Å². The Balaban J connectivity index is 2.22. The van der Waals surface area contributed by atoms with E-state index in [1.807, 2.05) is 6.07 Å². The first-order chi connectivity index (χ1) is 8.46. The lowest BCUT2D eigenvalue weighted by Crippen LogP contribution is -2.28. The van der Waals surface area contributed by atoms with Crippen molar-refractivity contribution in [3.8, 4) is 0 Å². The predicted molar refractivity (Wildman–Crippen MR) is 72.1 cm³/mol. The molecule has 3 nitrogen and oxygen atoms in total. The number of hydrogen-bond acceptors (Lipinski definition) is 3. The van der Waals surface area contributed by atoms with Crippen LogP contribution >= 0.6 is 0 Å². The number of hydrogen-bond donors (Lipinski definition) is 0. The molecule has 1 aromatic carbocycles. The largest absolute Gasteiger partial charge is 0.266 e. The maximum Gasteiger partial charge on any atom is 0.264 e. The van der Waals surface area contributed by atoms with Crippen molar-refractivity contribution in [3.63, 3.8) is 0 Å². The van der Waals surface area contributed by atoms with Gasteiger partial charge in [-0.1, -0.05) is 42.7 Å². The zero-order valence-electron chi connectivity index (χ0n) is 10.9. The van der Waals surface area contributed by atoms with Crippen molar-refractivity contribution >= 4 is 10.1 Å². The van der Waals surface area contributed by atoms with Crippen LogP contribution in [0.2, 0.25) is 0 Å². The van der Waals surface area contributed by atoms with Crippen LogP contribution < -0.4 is 0 Å². The topological polar surface area (TPSA) is 43.4 Å². The smallest absolute Gasteiger partial charge is 0.264 e. The predicted octanol–water partition coefficient (Wildman–Crippen LogP) is 3.00. The Kier molecular flexibility index (Phi) is 4.07. The summed E-state index contributed by atoms with van der Waals surface area (Å²) in [5, 5.41) is 0. The molecule has 2 atom stereocenters. The second kappa shape index (κ2) is 5.41. The molecule has 0 bridgehead atoms. The summed E-state index contributed by atoms with van der Waals surface area (Å²) in [5.74, 6) is 0.202. The van der Waals surface area contributed by atoms with Gasteiger partial charge in [0.05, 0.1) is 12.4 Å². The summed E-state index contributed by atoms with van der Waals surface area (Å²) in [4.78, 5) is 0. The van der Waals surface area contributed by atoms with E-state index in [4.69, 9.17) is 4.18 Å². The van der Waals surface area contributed by atoms with E-state index in [0.717, 1.165) is 31.9 Å². The molecule has 1 saturated carbocycles. The second-order valence-corrected chi connectivity index (χ2v) is 6.74. The van der Waals surface area contributed by atoms with Crippen molar-refractivity contribution < 1.29 is 12.6 Å². The first kappa shape index (κ1) is 13.6. The van der Waals surface area contributed by atoms with Gasteiger partial charge >= 0.3 is 0 Å². The molecule has 0 saturated heterocycles. The Morgan fingerprint density at radius 1 is 1.22 bits per heavy atom. The minimum Gasteiger partial charge on any atom is -0.266 e. The lowest BCUT2D eigenvalue weighted by molar-refractivity contribution is 0.138. The van der Waals surface area contributed by atoms with Gasteiger partial charge in [0.1, 0.15) is 0 Å². The van der Waals surface area contributed by atoms with E-state index in [-0.39, 0.29) is 12.0 Å². The van der Waals surface area contributed by atoms with E-state index >= 15 is 0 Å². The molecule has 0 radical (unpaired) electrons. The highest BCUT2D eigenvalue weighted by Gasteiger charge is 2.29. The zero-order chi connectivity index (χ0) is 13.2. The number of benzene rings is 1. The van der Waals surface area contributed by atoms with E-state index < -0.39 is 10.1 Å². The highest BCUT2D eigenvalue weighted by Crippen LogP contribution is 2.35. The number of rotatable bonds is 3. The van der Waals surface area contributed by atoms with Crippen LogP contribution in [0.1, 0.15) is 42.7 Å². The quantitative estimate of drug-likeness (QED) is 0.791. The molecule has 0 aromatic heterocycles. The molecule has 2 rings (SSSR count). The fourth-order valence-corrected chi connectivity index (χ4v) is 3.40. The lowest BCUT2D eigenvalue weighted by Gasteiger charge is -2.31. The van der Waals surface area contributed by atoms with Crippen LogP contribution in [0.5, 0.6) is 0 Å². The van der Waals surface area contributed by atoms with Gasteiger partial charge in [0.15, 0.2) is 0 Å². The van der Waals surface area contributed by atoms with Crippen LogP contribution in [0.4, 0.5) is 0 Å². The molecular formula is C14H20O3S. The van der Waals surface area contributed by atoms with Crippen LogP contribution in [0.25, 0.3) is 0 Å². The third-order valence-corrected chi connectivity index (χ3v) is 4.07. The molecule has 18 heavy (non-hydrogen) atoms. The van der Waals surface area contributed by atoms with E-state index in [2.05, 4.69) is 25.1 Å². The molecule has 1 fully saturated rings. The molecule has 0 N–H and O–H groups in total. The molecule has 0 unspecified atom stereocenters. The van der Waals surface area contributed by atoms with Gasteiger partial charge in [-0.3, -0.25) is 4.18 Å². The van der Waals surface area contributed by atoms with Gasteiger partial charge < -0.3 is 0 Å². The average molecular weight is 268 g/mol. The van der Waals surface area contributed by atoms with E-state index in [1.165, 1.54) is 11.1 Å². The van der Waals surface area contributed by atoms with Gasteiger partial charge in [0.25, 0.3) is 10.1 Å². The first-order valence-corrected chi connectivity index (χ1v) is 8.22. The van der Waals surface area contributed by atoms with Crippen LogP contribution in [0.3, 0.4) is 0 Å². The molecule has 0 aliphatic heterocycles. The summed E-state index contributed by atoms with van der Waals surface area (Å²) in [6, 6.07) is 8.28. The summed E-state index contributed by atoms with van der Waals surface area (Å²) in [5.41, 5.74) is 2.40. The van der Waals surface area contributed by atoms with Gasteiger partial charge in [-0.15, -0.1) is 0 Å². The van der Waals surface area contributed by atoms with Crippen LogP contribution in [-0.2, 0) is 14.3 Å². The number of aryl methyl sites for hydroxylation is 1. The van der Waals surface area contributed by atoms with Gasteiger partial charge in [-0.05, 0) is 25.3 Å². The molecule has 100 valence electrons. The van der Waals surface area contributed by atoms with Crippen molar-refractivity contribution in [1.29, 1.82) is 0 Å². The summed E-state index contributed by atoms with van der Waals surface area (Å²) in [6.45, 7) is 2.05. The van der Waals surface area contributed by atoms with Crippen molar-refractivity contribution in [2.45, 2.75) is 44.6 Å². The fourth-order valence-electron chi connectivity index (χ4n) is 2.72. The van der Waals surface area contributed by atoms with Crippen LogP contribution in [0.15, 0.2) is 24.3 Å². The third-order valence-electron chi connectivity index (χ3n) is 3.47. The monoisotopic (exact) mass is 268 g/mol. The van der Waals surface area contributed by atoms with Crippen molar-refractivity contribution in [1.82, 2.24) is 0 Å². The Hall–Kier alpha value is -0.870. The average Bonchev–Trinajstić information content (AvgIpc) is 2.27. The summed E-state index contributed by atoms with van der Waals surface area (Å²) in [6.07, 6.45) is 4.95. The molecule has 1 aliphatic rings. The van der Waals surface area contributed by atoms with E-state index in [9.17, 15) is 8.42 Å². The maximum atomic E-state index is 11.3. The molecule has 0 heterocycles. The molecule has 0 spiro atoms. The fraction of sp³-hybridized carbons (Fsp3) is 0.571. The summed E-state index contributed by atoms with van der Waals surface area (Å²) in [7, 11) is -3.37. The minimum absolute atomic E-state index is 0.199. The van der Waals surface area contributed by atoms with E-state index in [1.54, 1.807) is 0 Å². The van der Waals surface area contributed by atoms with Gasteiger partial charge in [0, 0.05) is 5.92 Å². The van der Waals surface area contributed by atoms with Crippen molar-refractivity contribution in [3.05, 3.63) is 35.4 Å². The molecule has 1 aromatic rings. The molecule has 4 heteroatoms. The standard InChI is InChI=1S/C14H20O3S/c1-11-6-5-7-12(10-11)13-8-3-4-9-14(13)17-18(2,15)16/h5-7,10,13-14H,3-4,8-9H2,1-2H3/t13-,14+/m0/s1. The zero-order valence-corrected chi connectivity index (χ0v) is 11.7. The molecular weight excluding hydrogens is 248 g/mol. The lowest BCUT2D eigenvalue weighted by atomic mass is 9.81. The maximum absolute atomic E-state index is 11.3. The van der Waals surface area contributed by atoms with Gasteiger partial charge in [-0.2, -0.15) is 8.42 Å². The van der Waals surface area contributed by atoms with Crippen LogP contribution in [-0.4, -0.2) is 20.8 Å². The highest BCUT2D eigenvalue weighted by molar-refractivity contribution is 7.86. The molecule has 1 aliphatic carbocycles. The molecule has 0 amide bonds. The SMILES string of the molecule is Cc1cccc([C@@H]2CCCC[C@H]2OS(C)(=O)=O)c1. The Labute approximate surface area is 109 Å². The van der Waals surface area contributed by atoms with Gasteiger partial charge in [0.2, 0.25) is 0 Å². The second-order valence-electron chi connectivity index (χ2n) is 5.14. The third kappa shape index (κ3) is 3.56. The summed E-state index contributed by atoms with van der Waals surface area (Å²) >= 11 is 0. The normalized spacial score (nSPS) is 25.0. The Bertz CT molecular complexity index is 508. The van der Waals surface area contributed by atoms with Crippen molar-refractivity contribution in [2.24, 2.45) is 0 Å². The first-order valence-electron chi connectivity index (χ1n) is 6.40.